The Morgan fingerprint density at radius 2 is 2.12 bits per heavy atom. The first-order valence-electron chi connectivity index (χ1n) is 7.97. The van der Waals surface area contributed by atoms with E-state index in [1.807, 2.05) is 18.2 Å². The molecule has 0 bridgehead atoms. The van der Waals surface area contributed by atoms with Crippen molar-refractivity contribution in [2.24, 2.45) is 0 Å². The molecule has 0 aliphatic carbocycles. The van der Waals surface area contributed by atoms with Crippen LogP contribution in [0.15, 0.2) is 55.1 Å². The zero-order valence-corrected chi connectivity index (χ0v) is 14.1. The number of halogens is 1. The molecular formula is C18H16ClN5O. The van der Waals surface area contributed by atoms with Gasteiger partial charge in [0.2, 0.25) is 0 Å². The van der Waals surface area contributed by atoms with Gasteiger partial charge in [0.05, 0.1) is 12.0 Å². The third kappa shape index (κ3) is 3.08. The lowest BCUT2D eigenvalue weighted by Gasteiger charge is -2.35. The van der Waals surface area contributed by atoms with Crippen molar-refractivity contribution in [2.45, 2.75) is 12.5 Å². The number of rotatable bonds is 2. The number of H-pyrrole nitrogens is 1. The number of amides is 2. The number of imidazole rings is 1. The van der Waals surface area contributed by atoms with E-state index in [0.29, 0.717) is 17.3 Å². The summed E-state index contributed by atoms with van der Waals surface area (Å²) < 4.78 is 0. The Morgan fingerprint density at radius 3 is 2.92 bits per heavy atom. The summed E-state index contributed by atoms with van der Waals surface area (Å²) >= 11 is 6.00. The van der Waals surface area contributed by atoms with Crippen molar-refractivity contribution >= 4 is 23.3 Å². The van der Waals surface area contributed by atoms with Crippen LogP contribution in [-0.4, -0.2) is 32.4 Å². The monoisotopic (exact) mass is 353 g/mol. The van der Waals surface area contributed by atoms with Crippen LogP contribution < -0.4 is 5.32 Å². The van der Waals surface area contributed by atoms with Crippen LogP contribution in [0.4, 0.5) is 10.5 Å². The highest BCUT2D eigenvalue weighted by atomic mass is 35.5. The number of hydrogen-bond donors (Lipinski definition) is 2. The Bertz CT molecular complexity index is 895. The van der Waals surface area contributed by atoms with Crippen LogP contribution in [0.3, 0.4) is 0 Å². The Kier molecular flexibility index (Phi) is 4.11. The van der Waals surface area contributed by atoms with Gasteiger partial charge in [-0.1, -0.05) is 17.7 Å². The molecule has 0 fully saturated rings. The normalized spacial score (nSPS) is 16.4. The third-order valence-electron chi connectivity index (χ3n) is 4.28. The summed E-state index contributed by atoms with van der Waals surface area (Å²) in [6.45, 7) is 0.592. The summed E-state index contributed by atoms with van der Waals surface area (Å²) in [5.41, 5.74) is 3.58. The van der Waals surface area contributed by atoms with Crippen molar-refractivity contribution < 1.29 is 4.79 Å². The Hall–Kier alpha value is -2.86. The van der Waals surface area contributed by atoms with Gasteiger partial charge in [-0.25, -0.2) is 9.78 Å². The van der Waals surface area contributed by atoms with E-state index in [4.69, 9.17) is 11.6 Å². The molecule has 0 unspecified atom stereocenters. The van der Waals surface area contributed by atoms with Crippen LogP contribution in [-0.2, 0) is 6.42 Å². The van der Waals surface area contributed by atoms with E-state index >= 15 is 0 Å². The first kappa shape index (κ1) is 15.7. The molecule has 25 heavy (non-hydrogen) atoms. The number of aromatic amines is 1. The lowest BCUT2D eigenvalue weighted by atomic mass is 9.97. The summed E-state index contributed by atoms with van der Waals surface area (Å²) in [5, 5.41) is 3.50. The maximum absolute atomic E-state index is 12.9. The standard InChI is InChI=1S/C18H16ClN5O/c19-13-2-1-3-14(10-13)23-18(25)24-9-6-15-16(22-11-21-15)17(24)12-4-7-20-8-5-12/h1-5,7-8,10-11,17H,6,9H2,(H,21,22)(H,23,25)/t17-/m0/s1. The number of pyridine rings is 1. The number of carbonyl (C=O) groups excluding carboxylic acids is 1. The lowest BCUT2D eigenvalue weighted by molar-refractivity contribution is 0.192. The molecule has 3 heterocycles. The summed E-state index contributed by atoms with van der Waals surface area (Å²) in [4.78, 5) is 26.4. The Labute approximate surface area is 149 Å². The number of carbonyl (C=O) groups is 1. The minimum absolute atomic E-state index is 0.183. The second kappa shape index (κ2) is 6.57. The van der Waals surface area contributed by atoms with Gasteiger partial charge in [0.1, 0.15) is 6.04 Å². The zero-order chi connectivity index (χ0) is 17.2. The maximum atomic E-state index is 12.9. The third-order valence-corrected chi connectivity index (χ3v) is 4.52. The maximum Gasteiger partial charge on any atom is 0.322 e. The molecule has 3 aromatic rings. The van der Waals surface area contributed by atoms with Gasteiger partial charge in [-0.3, -0.25) is 4.98 Å². The minimum Gasteiger partial charge on any atom is -0.348 e. The summed E-state index contributed by atoms with van der Waals surface area (Å²) in [6.07, 6.45) is 5.86. The number of urea groups is 1. The van der Waals surface area contributed by atoms with Crippen LogP contribution in [0, 0.1) is 0 Å². The van der Waals surface area contributed by atoms with Crippen LogP contribution in [0.25, 0.3) is 0 Å². The fraction of sp³-hybridized carbons (Fsp3) is 0.167. The number of anilines is 1. The zero-order valence-electron chi connectivity index (χ0n) is 13.3. The molecule has 1 aliphatic heterocycles. The van der Waals surface area contributed by atoms with E-state index in [-0.39, 0.29) is 12.1 Å². The van der Waals surface area contributed by atoms with E-state index in [9.17, 15) is 4.79 Å². The predicted octanol–water partition coefficient (Wildman–Crippen LogP) is 3.64. The van der Waals surface area contributed by atoms with Crippen molar-refractivity contribution in [3.05, 3.63) is 77.1 Å². The lowest BCUT2D eigenvalue weighted by Crippen LogP contribution is -2.43. The highest BCUT2D eigenvalue weighted by molar-refractivity contribution is 6.30. The molecule has 126 valence electrons. The first-order valence-corrected chi connectivity index (χ1v) is 8.35. The molecule has 1 aliphatic rings. The number of nitrogens with zero attached hydrogens (tertiary/aromatic N) is 3. The molecule has 1 aromatic carbocycles. The molecule has 0 saturated carbocycles. The molecule has 2 N–H and O–H groups in total. The molecule has 4 rings (SSSR count). The first-order chi connectivity index (χ1) is 12.2. The van der Waals surface area contributed by atoms with Gasteiger partial charge in [0.15, 0.2) is 0 Å². The number of fused-ring (bicyclic) bond motifs is 1. The molecule has 0 radical (unpaired) electrons. The number of nitrogens with one attached hydrogen (secondary N) is 2. The van der Waals surface area contributed by atoms with Gasteiger partial charge in [-0.05, 0) is 35.9 Å². The summed E-state index contributed by atoms with van der Waals surface area (Å²) in [6, 6.07) is 10.5. The average Bonchev–Trinajstić information content (AvgIpc) is 3.10. The van der Waals surface area contributed by atoms with Crippen LogP contribution in [0.5, 0.6) is 0 Å². The van der Waals surface area contributed by atoms with Crippen molar-refractivity contribution in [1.82, 2.24) is 19.9 Å². The van der Waals surface area contributed by atoms with Gasteiger partial charge < -0.3 is 15.2 Å². The van der Waals surface area contributed by atoms with Gasteiger partial charge in [0, 0.05) is 41.8 Å². The molecule has 2 aromatic heterocycles. The largest absolute Gasteiger partial charge is 0.348 e. The van der Waals surface area contributed by atoms with Gasteiger partial charge in [-0.15, -0.1) is 0 Å². The average molecular weight is 354 g/mol. The van der Waals surface area contributed by atoms with E-state index in [1.54, 1.807) is 41.8 Å². The van der Waals surface area contributed by atoms with Gasteiger partial charge >= 0.3 is 6.03 Å². The molecule has 7 heteroatoms. The SMILES string of the molecule is O=C(Nc1cccc(Cl)c1)N1CCc2[nH]cnc2[C@@H]1c1ccncc1. The molecule has 6 nitrogen and oxygen atoms in total. The summed E-state index contributed by atoms with van der Waals surface area (Å²) in [7, 11) is 0. The Balaban J connectivity index is 1.66. The molecule has 2 amide bonds. The smallest absolute Gasteiger partial charge is 0.322 e. The van der Waals surface area contributed by atoms with E-state index < -0.39 is 0 Å². The van der Waals surface area contributed by atoms with Crippen molar-refractivity contribution in [3.8, 4) is 0 Å². The highest BCUT2D eigenvalue weighted by Crippen LogP contribution is 2.33. The van der Waals surface area contributed by atoms with Crippen LogP contribution >= 0.6 is 11.6 Å². The quantitative estimate of drug-likeness (QED) is 0.738. The van der Waals surface area contributed by atoms with E-state index in [0.717, 1.165) is 23.4 Å². The van der Waals surface area contributed by atoms with Crippen molar-refractivity contribution in [2.75, 3.05) is 11.9 Å². The molecule has 1 atom stereocenters. The van der Waals surface area contributed by atoms with Crippen molar-refractivity contribution in [3.63, 3.8) is 0 Å². The predicted molar refractivity (Wildman–Crippen MR) is 95.5 cm³/mol. The molecule has 0 spiro atoms. The van der Waals surface area contributed by atoms with Gasteiger partial charge in [-0.2, -0.15) is 0 Å². The van der Waals surface area contributed by atoms with Crippen LogP contribution in [0.1, 0.15) is 23.0 Å². The fourth-order valence-electron chi connectivity index (χ4n) is 3.14. The molecular weight excluding hydrogens is 338 g/mol. The number of benzene rings is 1. The van der Waals surface area contributed by atoms with Crippen molar-refractivity contribution in [1.29, 1.82) is 0 Å². The second-order valence-corrected chi connectivity index (χ2v) is 6.27. The highest BCUT2D eigenvalue weighted by Gasteiger charge is 2.34. The summed E-state index contributed by atoms with van der Waals surface area (Å²) in [5.74, 6) is 0. The number of hydrogen-bond acceptors (Lipinski definition) is 3. The van der Waals surface area contributed by atoms with Gasteiger partial charge in [0.25, 0.3) is 0 Å². The minimum atomic E-state index is -0.253. The Morgan fingerprint density at radius 1 is 1.28 bits per heavy atom. The topological polar surface area (TPSA) is 73.9 Å². The van der Waals surface area contributed by atoms with E-state index in [1.165, 1.54) is 0 Å². The second-order valence-electron chi connectivity index (χ2n) is 5.83. The van der Waals surface area contributed by atoms with Crippen LogP contribution in [0.2, 0.25) is 5.02 Å². The van der Waals surface area contributed by atoms with E-state index in [2.05, 4.69) is 20.3 Å². The molecule has 0 saturated heterocycles. The number of aromatic nitrogens is 3. The fourth-order valence-corrected chi connectivity index (χ4v) is 3.33.